The zero-order chi connectivity index (χ0) is 28.5. The van der Waals surface area contributed by atoms with Crippen LogP contribution in [0.2, 0.25) is 0 Å². The van der Waals surface area contributed by atoms with Gasteiger partial charge in [-0.2, -0.15) is 5.10 Å². The number of para-hydroxylation sites is 1. The molecular weight excluding hydrogens is 512 g/mol. The summed E-state index contributed by atoms with van der Waals surface area (Å²) in [5.41, 5.74) is 4.73. The quantitative estimate of drug-likeness (QED) is 0.279. The largest absolute Gasteiger partial charge is 0.492 e. The third-order valence-electron chi connectivity index (χ3n) is 6.37. The molecule has 2 aromatic carbocycles. The lowest BCUT2D eigenvalue weighted by Crippen LogP contribution is -2.36. The normalized spacial score (nSPS) is 13.3. The standard InChI is InChI=1S/C30H36N4O6/c1-5-38-27-19-26(33-14-16-37-17-15-33)28(39-6-2)18-25(27)31-29(35)20-40-30(36)13-12-24-21(3)32-34(22(24)4)23-10-8-7-9-11-23/h7-13,18-19H,5-6,14-17,20H2,1-4H3,(H,31,35)/b13-12+. The molecule has 10 nitrogen and oxygen atoms in total. The van der Waals surface area contributed by atoms with Gasteiger partial charge in [-0.05, 0) is 45.9 Å². The molecule has 1 aromatic heterocycles. The number of benzene rings is 2. The van der Waals surface area contributed by atoms with Crippen molar-refractivity contribution in [3.63, 3.8) is 0 Å². The van der Waals surface area contributed by atoms with E-state index in [1.54, 1.807) is 12.1 Å². The number of carbonyl (C=O) groups excluding carboxylic acids is 2. The van der Waals surface area contributed by atoms with Crippen molar-refractivity contribution in [2.75, 3.05) is 56.3 Å². The second-order valence-electron chi connectivity index (χ2n) is 9.10. The molecule has 4 rings (SSSR count). The minimum absolute atomic E-state index is 0.416. The second-order valence-corrected chi connectivity index (χ2v) is 9.10. The Morgan fingerprint density at radius 2 is 1.73 bits per heavy atom. The van der Waals surface area contributed by atoms with E-state index in [1.807, 2.05) is 68.8 Å². The van der Waals surface area contributed by atoms with Crippen LogP contribution in [0.5, 0.6) is 11.5 Å². The first kappa shape index (κ1) is 28.7. The van der Waals surface area contributed by atoms with E-state index in [4.69, 9.17) is 18.9 Å². The molecule has 3 aromatic rings. The molecule has 1 N–H and O–H groups in total. The van der Waals surface area contributed by atoms with Crippen LogP contribution in [0.3, 0.4) is 0 Å². The summed E-state index contributed by atoms with van der Waals surface area (Å²) in [5, 5.41) is 7.37. The monoisotopic (exact) mass is 548 g/mol. The van der Waals surface area contributed by atoms with Gasteiger partial charge in [0.1, 0.15) is 11.5 Å². The van der Waals surface area contributed by atoms with E-state index in [0.717, 1.165) is 41.4 Å². The van der Waals surface area contributed by atoms with Crippen molar-refractivity contribution in [1.82, 2.24) is 9.78 Å². The van der Waals surface area contributed by atoms with Crippen LogP contribution < -0.4 is 19.7 Å². The zero-order valence-corrected chi connectivity index (χ0v) is 23.4. The summed E-state index contributed by atoms with van der Waals surface area (Å²) in [4.78, 5) is 27.3. The lowest BCUT2D eigenvalue weighted by molar-refractivity contribution is -0.142. The van der Waals surface area contributed by atoms with E-state index in [1.165, 1.54) is 6.08 Å². The van der Waals surface area contributed by atoms with Gasteiger partial charge in [-0.25, -0.2) is 9.48 Å². The Morgan fingerprint density at radius 1 is 1.02 bits per heavy atom. The fraction of sp³-hybridized carbons (Fsp3) is 0.367. The van der Waals surface area contributed by atoms with Crippen LogP contribution in [0, 0.1) is 13.8 Å². The Bertz CT molecular complexity index is 1350. The van der Waals surface area contributed by atoms with Crippen molar-refractivity contribution < 1.29 is 28.5 Å². The maximum atomic E-state index is 12.7. The lowest BCUT2D eigenvalue weighted by atomic mass is 10.2. The van der Waals surface area contributed by atoms with Gasteiger partial charge in [0, 0.05) is 42.6 Å². The van der Waals surface area contributed by atoms with Gasteiger partial charge in [0.2, 0.25) is 0 Å². The SMILES string of the molecule is CCOc1cc(N2CCOCC2)c(OCC)cc1NC(=O)COC(=O)/C=C/c1c(C)nn(-c2ccccc2)c1C. The molecule has 212 valence electrons. The fourth-order valence-corrected chi connectivity index (χ4v) is 4.48. The first-order chi connectivity index (χ1) is 19.4. The van der Waals surface area contributed by atoms with Crippen molar-refractivity contribution in [1.29, 1.82) is 0 Å². The predicted octanol–water partition coefficient (Wildman–Crippen LogP) is 4.32. The summed E-state index contributed by atoms with van der Waals surface area (Å²) in [6, 6.07) is 13.4. The number of hydrogen-bond donors (Lipinski definition) is 1. The van der Waals surface area contributed by atoms with Crippen molar-refractivity contribution in [3.8, 4) is 17.2 Å². The van der Waals surface area contributed by atoms with Crippen molar-refractivity contribution in [2.24, 2.45) is 0 Å². The van der Waals surface area contributed by atoms with Gasteiger partial charge in [-0.3, -0.25) is 4.79 Å². The molecule has 1 fully saturated rings. The van der Waals surface area contributed by atoms with Gasteiger partial charge < -0.3 is 29.2 Å². The average Bonchev–Trinajstić information content (AvgIpc) is 3.25. The summed E-state index contributed by atoms with van der Waals surface area (Å²) < 4.78 is 24.2. The summed E-state index contributed by atoms with van der Waals surface area (Å²) in [6.45, 7) is 10.7. The Labute approximate surface area is 234 Å². The third kappa shape index (κ3) is 7.01. The van der Waals surface area contributed by atoms with Crippen LogP contribution in [0.4, 0.5) is 11.4 Å². The summed E-state index contributed by atoms with van der Waals surface area (Å²) in [5.74, 6) is 0.0101. The number of esters is 1. The molecule has 0 aliphatic carbocycles. The Balaban J connectivity index is 1.41. The molecule has 0 saturated carbocycles. The number of morpholine rings is 1. The highest BCUT2D eigenvalue weighted by Gasteiger charge is 2.21. The molecule has 0 unspecified atom stereocenters. The second kappa shape index (κ2) is 13.7. The zero-order valence-electron chi connectivity index (χ0n) is 23.4. The number of anilines is 2. The highest BCUT2D eigenvalue weighted by Crippen LogP contribution is 2.39. The summed E-state index contributed by atoms with van der Waals surface area (Å²) >= 11 is 0. The van der Waals surface area contributed by atoms with Gasteiger partial charge in [0.15, 0.2) is 6.61 Å². The highest BCUT2D eigenvalue weighted by molar-refractivity contribution is 5.96. The molecule has 1 aliphatic rings. The molecule has 0 atom stereocenters. The number of rotatable bonds is 11. The topological polar surface area (TPSA) is 104 Å². The van der Waals surface area contributed by atoms with E-state index in [2.05, 4.69) is 15.3 Å². The number of aromatic nitrogens is 2. The van der Waals surface area contributed by atoms with Gasteiger partial charge in [0.25, 0.3) is 5.91 Å². The number of carbonyl (C=O) groups is 2. The van der Waals surface area contributed by atoms with Crippen LogP contribution in [0.15, 0.2) is 48.5 Å². The van der Waals surface area contributed by atoms with E-state index in [0.29, 0.717) is 43.6 Å². The summed E-state index contributed by atoms with van der Waals surface area (Å²) in [7, 11) is 0. The minimum atomic E-state index is -0.635. The molecule has 40 heavy (non-hydrogen) atoms. The van der Waals surface area contributed by atoms with E-state index >= 15 is 0 Å². The van der Waals surface area contributed by atoms with Crippen LogP contribution in [-0.4, -0.2) is 67.8 Å². The third-order valence-corrected chi connectivity index (χ3v) is 6.37. The Kier molecular flexibility index (Phi) is 9.80. The fourth-order valence-electron chi connectivity index (χ4n) is 4.48. The Hall–Kier alpha value is -4.31. The van der Waals surface area contributed by atoms with Gasteiger partial charge in [0.05, 0.1) is 49.2 Å². The molecule has 10 heteroatoms. The maximum absolute atomic E-state index is 12.7. The van der Waals surface area contributed by atoms with Crippen LogP contribution in [0.25, 0.3) is 11.8 Å². The van der Waals surface area contributed by atoms with E-state index in [-0.39, 0.29) is 0 Å². The molecule has 2 heterocycles. The average molecular weight is 549 g/mol. The van der Waals surface area contributed by atoms with E-state index < -0.39 is 18.5 Å². The molecule has 0 radical (unpaired) electrons. The maximum Gasteiger partial charge on any atom is 0.331 e. The number of nitrogens with one attached hydrogen (secondary N) is 1. The van der Waals surface area contributed by atoms with Gasteiger partial charge in [-0.15, -0.1) is 0 Å². The van der Waals surface area contributed by atoms with Crippen molar-refractivity contribution >= 4 is 29.3 Å². The van der Waals surface area contributed by atoms with Crippen LogP contribution in [-0.2, 0) is 19.1 Å². The molecule has 1 saturated heterocycles. The number of ether oxygens (including phenoxy) is 4. The minimum Gasteiger partial charge on any atom is -0.492 e. The number of aryl methyl sites for hydroxylation is 1. The van der Waals surface area contributed by atoms with Crippen molar-refractivity contribution in [2.45, 2.75) is 27.7 Å². The molecule has 0 bridgehead atoms. The smallest absolute Gasteiger partial charge is 0.331 e. The first-order valence-electron chi connectivity index (χ1n) is 13.4. The lowest BCUT2D eigenvalue weighted by Gasteiger charge is -2.31. The molecule has 1 aliphatic heterocycles. The number of amides is 1. The van der Waals surface area contributed by atoms with Gasteiger partial charge >= 0.3 is 5.97 Å². The first-order valence-corrected chi connectivity index (χ1v) is 13.4. The van der Waals surface area contributed by atoms with Gasteiger partial charge in [-0.1, -0.05) is 18.2 Å². The van der Waals surface area contributed by atoms with Crippen LogP contribution >= 0.6 is 0 Å². The van der Waals surface area contributed by atoms with E-state index in [9.17, 15) is 9.59 Å². The Morgan fingerprint density at radius 3 is 2.42 bits per heavy atom. The molecular formula is C30H36N4O6. The molecule has 0 spiro atoms. The summed E-state index contributed by atoms with van der Waals surface area (Å²) in [6.07, 6.45) is 2.96. The van der Waals surface area contributed by atoms with Crippen molar-refractivity contribution in [3.05, 3.63) is 65.5 Å². The number of hydrogen-bond acceptors (Lipinski definition) is 8. The number of nitrogens with zero attached hydrogens (tertiary/aromatic N) is 3. The predicted molar refractivity (Wildman–Crippen MR) is 153 cm³/mol. The molecule has 1 amide bonds. The highest BCUT2D eigenvalue weighted by atomic mass is 16.5. The van der Waals surface area contributed by atoms with Crippen LogP contribution in [0.1, 0.15) is 30.8 Å².